The van der Waals surface area contributed by atoms with E-state index in [0.717, 1.165) is 12.1 Å². The average molecular weight is 284 g/mol. The van der Waals surface area contributed by atoms with Crippen molar-refractivity contribution in [3.63, 3.8) is 0 Å². The van der Waals surface area contributed by atoms with Crippen molar-refractivity contribution in [1.29, 1.82) is 0 Å². The fourth-order valence-corrected chi connectivity index (χ4v) is 1.58. The van der Waals surface area contributed by atoms with Crippen LogP contribution >= 0.6 is 0 Å². The van der Waals surface area contributed by atoms with Gasteiger partial charge in [-0.05, 0) is 37.6 Å². The zero-order valence-corrected chi connectivity index (χ0v) is 11.3. The predicted octanol–water partition coefficient (Wildman–Crippen LogP) is 1.54. The maximum absolute atomic E-state index is 13.8. The highest BCUT2D eigenvalue weighted by Crippen LogP contribution is 2.24. The molecule has 20 heavy (non-hydrogen) atoms. The zero-order chi connectivity index (χ0) is 15.1. The number of nitrogens with two attached hydrogens (primary N) is 1. The van der Waals surface area contributed by atoms with Crippen LogP contribution in [0.1, 0.15) is 12.5 Å². The summed E-state index contributed by atoms with van der Waals surface area (Å²) in [4.78, 5) is 11.6. The van der Waals surface area contributed by atoms with Gasteiger partial charge in [-0.2, -0.15) is 0 Å². The maximum atomic E-state index is 13.8. The lowest BCUT2D eigenvalue weighted by Crippen LogP contribution is -2.36. The number of hydrogen-bond acceptors (Lipinski definition) is 3. The van der Waals surface area contributed by atoms with E-state index in [2.05, 4.69) is 11.9 Å². The SMILES string of the molecule is C=CCNC(=O)C(C)Oc1c(F)cc(CCN)cc1F. The third kappa shape index (κ3) is 4.31. The summed E-state index contributed by atoms with van der Waals surface area (Å²) in [6.07, 6.45) is 0.844. The van der Waals surface area contributed by atoms with Crippen molar-refractivity contribution in [1.82, 2.24) is 5.32 Å². The van der Waals surface area contributed by atoms with E-state index in [9.17, 15) is 13.6 Å². The molecule has 0 heterocycles. The largest absolute Gasteiger partial charge is 0.475 e. The summed E-state index contributed by atoms with van der Waals surface area (Å²) in [5, 5.41) is 2.48. The number of carbonyl (C=O) groups is 1. The first kappa shape index (κ1) is 16.1. The first-order chi connectivity index (χ1) is 9.49. The minimum Gasteiger partial charge on any atom is -0.475 e. The Morgan fingerprint density at radius 1 is 1.50 bits per heavy atom. The summed E-state index contributed by atoms with van der Waals surface area (Å²) in [5.74, 6) is -2.74. The van der Waals surface area contributed by atoms with Crippen LogP contribution in [0.15, 0.2) is 24.8 Å². The smallest absolute Gasteiger partial charge is 0.261 e. The number of benzene rings is 1. The van der Waals surface area contributed by atoms with Crippen molar-refractivity contribution in [3.05, 3.63) is 42.0 Å². The van der Waals surface area contributed by atoms with E-state index in [0.29, 0.717) is 18.5 Å². The minimum absolute atomic E-state index is 0.257. The number of nitrogens with one attached hydrogen (secondary N) is 1. The van der Waals surface area contributed by atoms with Gasteiger partial charge in [0.05, 0.1) is 0 Å². The Bertz CT molecular complexity index is 469. The quantitative estimate of drug-likeness (QED) is 0.746. The summed E-state index contributed by atoms with van der Waals surface area (Å²) >= 11 is 0. The van der Waals surface area contributed by atoms with Crippen LogP contribution in [0.3, 0.4) is 0 Å². The van der Waals surface area contributed by atoms with E-state index in [1.165, 1.54) is 13.0 Å². The van der Waals surface area contributed by atoms with Gasteiger partial charge >= 0.3 is 0 Å². The lowest BCUT2D eigenvalue weighted by atomic mass is 10.1. The molecule has 3 N–H and O–H groups in total. The molecule has 0 aliphatic heterocycles. The van der Waals surface area contributed by atoms with Crippen molar-refractivity contribution < 1.29 is 18.3 Å². The molecule has 0 aliphatic rings. The summed E-state index contributed by atoms with van der Waals surface area (Å²) in [6, 6.07) is 2.30. The zero-order valence-electron chi connectivity index (χ0n) is 11.3. The predicted molar refractivity (Wildman–Crippen MR) is 72.4 cm³/mol. The molecule has 0 fully saturated rings. The second kappa shape index (κ2) is 7.59. The molecule has 0 saturated carbocycles. The topological polar surface area (TPSA) is 64.3 Å². The first-order valence-corrected chi connectivity index (χ1v) is 6.22. The Balaban J connectivity index is 2.81. The van der Waals surface area contributed by atoms with Crippen molar-refractivity contribution >= 4 is 5.91 Å². The van der Waals surface area contributed by atoms with Gasteiger partial charge in [0.1, 0.15) is 0 Å². The van der Waals surface area contributed by atoms with Crippen LogP contribution in [0.25, 0.3) is 0 Å². The van der Waals surface area contributed by atoms with E-state index in [1.54, 1.807) is 0 Å². The summed E-state index contributed by atoms with van der Waals surface area (Å²) in [6.45, 7) is 5.40. The monoisotopic (exact) mass is 284 g/mol. The highest BCUT2D eigenvalue weighted by Gasteiger charge is 2.19. The average Bonchev–Trinajstić information content (AvgIpc) is 2.40. The Morgan fingerprint density at radius 2 is 2.10 bits per heavy atom. The lowest BCUT2D eigenvalue weighted by molar-refractivity contribution is -0.127. The molecule has 6 heteroatoms. The molecular formula is C14H18F2N2O2. The van der Waals surface area contributed by atoms with Gasteiger partial charge in [-0.15, -0.1) is 6.58 Å². The molecule has 0 aliphatic carbocycles. The summed E-state index contributed by atoms with van der Waals surface area (Å²) in [7, 11) is 0. The van der Waals surface area contributed by atoms with Crippen LogP contribution in [0.5, 0.6) is 5.75 Å². The van der Waals surface area contributed by atoms with E-state index in [1.807, 2.05) is 0 Å². The van der Waals surface area contributed by atoms with Crippen molar-refractivity contribution in [2.45, 2.75) is 19.4 Å². The molecule has 1 amide bonds. The molecule has 0 bridgehead atoms. The third-order valence-corrected chi connectivity index (χ3v) is 2.58. The van der Waals surface area contributed by atoms with Crippen LogP contribution < -0.4 is 15.8 Å². The van der Waals surface area contributed by atoms with E-state index < -0.39 is 29.4 Å². The number of ether oxygens (including phenoxy) is 1. The van der Waals surface area contributed by atoms with E-state index in [4.69, 9.17) is 10.5 Å². The highest BCUT2D eigenvalue weighted by atomic mass is 19.1. The van der Waals surface area contributed by atoms with Crippen molar-refractivity contribution in [2.75, 3.05) is 13.1 Å². The van der Waals surface area contributed by atoms with Gasteiger partial charge in [0.2, 0.25) is 0 Å². The van der Waals surface area contributed by atoms with Gasteiger partial charge < -0.3 is 15.8 Å². The molecule has 0 radical (unpaired) electrons. The molecule has 1 atom stereocenters. The second-order valence-electron chi connectivity index (χ2n) is 4.22. The Kier molecular flexibility index (Phi) is 6.11. The standard InChI is InChI=1S/C14H18F2N2O2/c1-3-6-18-14(19)9(2)20-13-11(15)7-10(4-5-17)8-12(13)16/h3,7-9H,1,4-6,17H2,2H3,(H,18,19). The lowest BCUT2D eigenvalue weighted by Gasteiger charge is -2.15. The Morgan fingerprint density at radius 3 is 2.60 bits per heavy atom. The molecule has 1 unspecified atom stereocenters. The number of amides is 1. The molecular weight excluding hydrogens is 266 g/mol. The van der Waals surface area contributed by atoms with E-state index >= 15 is 0 Å². The van der Waals surface area contributed by atoms with Crippen LogP contribution in [0, 0.1) is 11.6 Å². The van der Waals surface area contributed by atoms with Crippen LogP contribution in [0.4, 0.5) is 8.78 Å². The molecule has 110 valence electrons. The molecule has 1 aromatic carbocycles. The normalized spacial score (nSPS) is 11.8. The first-order valence-electron chi connectivity index (χ1n) is 6.22. The third-order valence-electron chi connectivity index (χ3n) is 2.58. The van der Waals surface area contributed by atoms with E-state index in [-0.39, 0.29) is 6.54 Å². The van der Waals surface area contributed by atoms with Crippen molar-refractivity contribution in [2.24, 2.45) is 5.73 Å². The fourth-order valence-electron chi connectivity index (χ4n) is 1.58. The number of carbonyl (C=O) groups excluding carboxylic acids is 1. The minimum atomic E-state index is -1.01. The van der Waals surface area contributed by atoms with Gasteiger partial charge in [0, 0.05) is 6.54 Å². The van der Waals surface area contributed by atoms with Gasteiger partial charge in [0.25, 0.3) is 5.91 Å². The van der Waals surface area contributed by atoms with Crippen molar-refractivity contribution in [3.8, 4) is 5.75 Å². The molecule has 0 saturated heterocycles. The van der Waals surface area contributed by atoms with Crippen LogP contribution in [0.2, 0.25) is 0 Å². The highest BCUT2D eigenvalue weighted by molar-refractivity contribution is 5.80. The van der Waals surface area contributed by atoms with Gasteiger partial charge in [0.15, 0.2) is 23.5 Å². The fraction of sp³-hybridized carbons (Fsp3) is 0.357. The second-order valence-corrected chi connectivity index (χ2v) is 4.22. The van der Waals surface area contributed by atoms with Gasteiger partial charge in [-0.25, -0.2) is 8.78 Å². The molecule has 0 aromatic heterocycles. The van der Waals surface area contributed by atoms with Crippen LogP contribution in [-0.2, 0) is 11.2 Å². The number of halogens is 2. The maximum Gasteiger partial charge on any atom is 0.261 e. The van der Waals surface area contributed by atoms with Crippen LogP contribution in [-0.4, -0.2) is 25.1 Å². The van der Waals surface area contributed by atoms with Gasteiger partial charge in [-0.1, -0.05) is 6.08 Å². The Labute approximate surface area is 116 Å². The molecule has 0 spiro atoms. The van der Waals surface area contributed by atoms with Gasteiger partial charge in [-0.3, -0.25) is 4.79 Å². The number of rotatable bonds is 7. The molecule has 1 aromatic rings. The molecule has 4 nitrogen and oxygen atoms in total. The molecule has 1 rings (SSSR count). The summed E-state index contributed by atoms with van der Waals surface area (Å²) < 4.78 is 32.6. The summed E-state index contributed by atoms with van der Waals surface area (Å²) in [5.41, 5.74) is 5.77. The number of hydrogen-bond donors (Lipinski definition) is 2. The Hall–Kier alpha value is -1.95.